The maximum absolute atomic E-state index is 5.53. The first-order valence-corrected chi connectivity index (χ1v) is 7.81. The van der Waals surface area contributed by atoms with Gasteiger partial charge in [-0.25, -0.2) is 0 Å². The minimum Gasteiger partial charge on any atom is -0.494 e. The Morgan fingerprint density at radius 2 is 1.79 bits per heavy atom. The lowest BCUT2D eigenvalue weighted by Gasteiger charge is -2.26. The summed E-state index contributed by atoms with van der Waals surface area (Å²) >= 11 is 0. The number of hydrogen-bond donors (Lipinski definition) is 1. The van der Waals surface area contributed by atoms with Gasteiger partial charge in [-0.15, -0.1) is 0 Å². The molecule has 0 radical (unpaired) electrons. The van der Waals surface area contributed by atoms with Crippen LogP contribution < -0.4 is 10.1 Å². The maximum Gasteiger partial charge on any atom is 0.119 e. The van der Waals surface area contributed by atoms with E-state index in [0.717, 1.165) is 18.9 Å². The molecule has 1 fully saturated rings. The summed E-state index contributed by atoms with van der Waals surface area (Å²) in [7, 11) is 0. The predicted octanol–water partition coefficient (Wildman–Crippen LogP) is 4.11. The Balaban J connectivity index is 2.11. The summed E-state index contributed by atoms with van der Waals surface area (Å²) in [6, 6.07) is 9.39. The molecule has 106 valence electrons. The zero-order chi connectivity index (χ0) is 13.5. The van der Waals surface area contributed by atoms with Gasteiger partial charge in [-0.3, -0.25) is 0 Å². The van der Waals surface area contributed by atoms with Gasteiger partial charge in [0.1, 0.15) is 5.75 Å². The lowest BCUT2D eigenvalue weighted by Crippen LogP contribution is -2.34. The molecular formula is C17H27NO. The number of nitrogens with one attached hydrogen (secondary N) is 1. The number of hydrogen-bond acceptors (Lipinski definition) is 2. The molecule has 1 saturated carbocycles. The van der Waals surface area contributed by atoms with E-state index in [4.69, 9.17) is 4.74 Å². The van der Waals surface area contributed by atoms with Crippen molar-refractivity contribution in [3.05, 3.63) is 29.8 Å². The van der Waals surface area contributed by atoms with Crippen molar-refractivity contribution in [2.24, 2.45) is 0 Å². The lowest BCUT2D eigenvalue weighted by molar-refractivity contribution is 0.340. The van der Waals surface area contributed by atoms with Crippen LogP contribution in [0.25, 0.3) is 0 Å². The molecule has 2 rings (SSSR count). The van der Waals surface area contributed by atoms with Crippen molar-refractivity contribution in [3.63, 3.8) is 0 Å². The molecule has 0 heterocycles. The Morgan fingerprint density at radius 1 is 1.05 bits per heavy atom. The van der Waals surface area contributed by atoms with E-state index in [1.807, 2.05) is 6.92 Å². The van der Waals surface area contributed by atoms with E-state index >= 15 is 0 Å². The standard InChI is InChI=1S/C17H27NO/c1-3-18-17-9-7-5-6-8-16(17)14-10-12-15(13-11-14)19-4-2/h10-13,16-18H,3-9H2,1-2H3. The summed E-state index contributed by atoms with van der Waals surface area (Å²) in [6.07, 6.45) is 6.73. The van der Waals surface area contributed by atoms with E-state index in [1.54, 1.807) is 0 Å². The molecule has 2 unspecified atom stereocenters. The van der Waals surface area contributed by atoms with Crippen LogP contribution in [0.3, 0.4) is 0 Å². The topological polar surface area (TPSA) is 21.3 Å². The molecule has 0 bridgehead atoms. The van der Waals surface area contributed by atoms with Gasteiger partial charge < -0.3 is 10.1 Å². The van der Waals surface area contributed by atoms with Crippen LogP contribution in [-0.2, 0) is 0 Å². The lowest BCUT2D eigenvalue weighted by atomic mass is 9.87. The van der Waals surface area contributed by atoms with Crippen LogP contribution >= 0.6 is 0 Å². The first-order valence-electron chi connectivity index (χ1n) is 7.81. The van der Waals surface area contributed by atoms with E-state index in [-0.39, 0.29) is 0 Å². The molecule has 2 heteroatoms. The third kappa shape index (κ3) is 3.97. The van der Waals surface area contributed by atoms with Gasteiger partial charge in [0.25, 0.3) is 0 Å². The Labute approximate surface area is 117 Å². The maximum atomic E-state index is 5.53. The summed E-state index contributed by atoms with van der Waals surface area (Å²) in [5.41, 5.74) is 1.47. The van der Waals surface area contributed by atoms with Crippen LogP contribution in [0.1, 0.15) is 57.4 Å². The van der Waals surface area contributed by atoms with Crippen molar-refractivity contribution in [2.75, 3.05) is 13.2 Å². The van der Waals surface area contributed by atoms with Crippen LogP contribution in [-0.4, -0.2) is 19.2 Å². The molecule has 1 aliphatic rings. The van der Waals surface area contributed by atoms with Crippen molar-refractivity contribution in [1.82, 2.24) is 5.32 Å². The summed E-state index contributed by atoms with van der Waals surface area (Å²) < 4.78 is 5.53. The monoisotopic (exact) mass is 261 g/mol. The van der Waals surface area contributed by atoms with Gasteiger partial charge in [-0.05, 0) is 49.9 Å². The highest BCUT2D eigenvalue weighted by Gasteiger charge is 2.24. The fourth-order valence-corrected chi connectivity index (χ4v) is 3.19. The van der Waals surface area contributed by atoms with Gasteiger partial charge in [0.2, 0.25) is 0 Å². The molecule has 0 spiro atoms. The smallest absolute Gasteiger partial charge is 0.119 e. The van der Waals surface area contributed by atoms with E-state index < -0.39 is 0 Å². The molecule has 1 aromatic rings. The zero-order valence-electron chi connectivity index (χ0n) is 12.3. The molecule has 0 amide bonds. The molecule has 1 aromatic carbocycles. The highest BCUT2D eigenvalue weighted by atomic mass is 16.5. The van der Waals surface area contributed by atoms with Crippen molar-refractivity contribution in [2.45, 2.75) is 57.9 Å². The van der Waals surface area contributed by atoms with Crippen LogP contribution in [0, 0.1) is 0 Å². The highest BCUT2D eigenvalue weighted by Crippen LogP contribution is 2.32. The molecule has 1 aliphatic carbocycles. The van der Waals surface area contributed by atoms with Gasteiger partial charge in [-0.1, -0.05) is 38.3 Å². The normalized spacial score (nSPS) is 23.9. The first kappa shape index (κ1) is 14.4. The molecule has 0 aromatic heterocycles. The minimum atomic E-state index is 0.644. The SMILES string of the molecule is CCNC1CCCCCC1c1ccc(OCC)cc1. The van der Waals surface area contributed by atoms with E-state index in [1.165, 1.54) is 37.7 Å². The summed E-state index contributed by atoms with van der Waals surface area (Å²) in [5, 5.41) is 3.68. The summed E-state index contributed by atoms with van der Waals surface area (Å²) in [4.78, 5) is 0. The summed E-state index contributed by atoms with van der Waals surface area (Å²) in [6.45, 7) is 6.04. The average molecular weight is 261 g/mol. The minimum absolute atomic E-state index is 0.644. The Hall–Kier alpha value is -1.02. The summed E-state index contributed by atoms with van der Waals surface area (Å²) in [5.74, 6) is 1.65. The van der Waals surface area contributed by atoms with Gasteiger partial charge in [-0.2, -0.15) is 0 Å². The molecule has 0 aliphatic heterocycles. The average Bonchev–Trinajstić information content (AvgIpc) is 2.66. The molecule has 1 N–H and O–H groups in total. The Bertz CT molecular complexity index is 360. The Morgan fingerprint density at radius 3 is 2.47 bits per heavy atom. The van der Waals surface area contributed by atoms with Gasteiger partial charge in [0.05, 0.1) is 6.61 Å². The third-order valence-corrected chi connectivity index (χ3v) is 4.10. The van der Waals surface area contributed by atoms with Crippen molar-refractivity contribution in [3.8, 4) is 5.75 Å². The second-order valence-corrected chi connectivity index (χ2v) is 5.41. The molecule has 19 heavy (non-hydrogen) atoms. The van der Waals surface area contributed by atoms with Crippen LogP contribution in [0.4, 0.5) is 0 Å². The van der Waals surface area contributed by atoms with Crippen molar-refractivity contribution < 1.29 is 4.74 Å². The van der Waals surface area contributed by atoms with E-state index in [0.29, 0.717) is 12.0 Å². The van der Waals surface area contributed by atoms with E-state index in [9.17, 15) is 0 Å². The molecule has 2 atom stereocenters. The van der Waals surface area contributed by atoms with Crippen LogP contribution in [0.15, 0.2) is 24.3 Å². The fraction of sp³-hybridized carbons (Fsp3) is 0.647. The van der Waals surface area contributed by atoms with Gasteiger partial charge in [0.15, 0.2) is 0 Å². The van der Waals surface area contributed by atoms with Crippen molar-refractivity contribution in [1.29, 1.82) is 0 Å². The molecule has 2 nitrogen and oxygen atoms in total. The predicted molar refractivity (Wildman–Crippen MR) is 80.9 cm³/mol. The number of benzene rings is 1. The fourth-order valence-electron chi connectivity index (χ4n) is 3.19. The second-order valence-electron chi connectivity index (χ2n) is 5.41. The van der Waals surface area contributed by atoms with E-state index in [2.05, 4.69) is 36.5 Å². The first-order chi connectivity index (χ1) is 9.35. The second kappa shape index (κ2) is 7.54. The Kier molecular flexibility index (Phi) is 5.71. The van der Waals surface area contributed by atoms with Crippen molar-refractivity contribution >= 4 is 0 Å². The zero-order valence-corrected chi connectivity index (χ0v) is 12.3. The van der Waals surface area contributed by atoms with Gasteiger partial charge >= 0.3 is 0 Å². The highest BCUT2D eigenvalue weighted by molar-refractivity contribution is 5.30. The molecular weight excluding hydrogens is 234 g/mol. The van der Waals surface area contributed by atoms with Crippen LogP contribution in [0.5, 0.6) is 5.75 Å². The number of rotatable bonds is 5. The quantitative estimate of drug-likeness (QED) is 0.805. The van der Waals surface area contributed by atoms with Gasteiger partial charge in [0, 0.05) is 6.04 Å². The number of likely N-dealkylation sites (N-methyl/N-ethyl adjacent to an activating group) is 1. The third-order valence-electron chi connectivity index (χ3n) is 4.10. The van der Waals surface area contributed by atoms with Crippen LogP contribution in [0.2, 0.25) is 0 Å². The number of ether oxygens (including phenoxy) is 1. The molecule has 0 saturated heterocycles. The largest absolute Gasteiger partial charge is 0.494 e.